The summed E-state index contributed by atoms with van der Waals surface area (Å²) in [6, 6.07) is 5.42. The minimum Gasteiger partial charge on any atom is -0.437 e. The number of hydrogen-bond donors (Lipinski definition) is 1. The van der Waals surface area contributed by atoms with Crippen LogP contribution in [0.4, 0.5) is 0 Å². The van der Waals surface area contributed by atoms with Crippen LogP contribution < -0.4 is 0 Å². The lowest BCUT2D eigenvalue weighted by Crippen LogP contribution is -2.44. The van der Waals surface area contributed by atoms with E-state index in [-0.39, 0.29) is 11.7 Å². The second kappa shape index (κ2) is 5.43. The highest BCUT2D eigenvalue weighted by molar-refractivity contribution is 6.45. The first-order chi connectivity index (χ1) is 8.18. The van der Waals surface area contributed by atoms with Crippen LogP contribution in [0.3, 0.4) is 0 Å². The normalized spacial score (nSPS) is 18.0. The van der Waals surface area contributed by atoms with E-state index in [1.165, 1.54) is 0 Å². The summed E-state index contributed by atoms with van der Waals surface area (Å²) in [5.74, 6) is 0.191. The number of ketones is 1. The Balaban J connectivity index is 1.95. The van der Waals surface area contributed by atoms with Crippen molar-refractivity contribution in [2.45, 2.75) is 19.7 Å². The van der Waals surface area contributed by atoms with Crippen molar-refractivity contribution in [1.29, 1.82) is 0 Å². The molecule has 0 atom stereocenters. The molecule has 1 aromatic heterocycles. The molecule has 0 unspecified atom stereocenters. The van der Waals surface area contributed by atoms with E-state index in [1.54, 1.807) is 19.1 Å². The van der Waals surface area contributed by atoms with E-state index in [9.17, 15) is 9.82 Å². The molecule has 90 valence electrons. The molecule has 1 saturated heterocycles. The van der Waals surface area contributed by atoms with Crippen molar-refractivity contribution in [3.8, 4) is 0 Å². The lowest BCUT2D eigenvalue weighted by atomic mass is 9.80. The number of rotatable bonds is 3. The highest BCUT2D eigenvalue weighted by Gasteiger charge is 2.28. The first-order valence-electron chi connectivity index (χ1n) is 6.06. The first kappa shape index (κ1) is 12.3. The first-order valence-corrected chi connectivity index (χ1v) is 6.06. The number of carbonyl (C=O) groups excluding carboxylic acids is 1. The summed E-state index contributed by atoms with van der Waals surface area (Å²) >= 11 is 0. The van der Waals surface area contributed by atoms with Crippen LogP contribution in [0.25, 0.3) is 0 Å². The number of piperidine rings is 1. The molecule has 0 radical (unpaired) electrons. The van der Waals surface area contributed by atoms with E-state index in [1.807, 2.05) is 16.9 Å². The van der Waals surface area contributed by atoms with Crippen LogP contribution in [0, 0.1) is 5.92 Å². The number of hydrogen-bond acceptors (Lipinski definition) is 4. The third kappa shape index (κ3) is 2.93. The highest BCUT2D eigenvalue weighted by Crippen LogP contribution is 2.21. The summed E-state index contributed by atoms with van der Waals surface area (Å²) in [7, 11) is -0.416. The minimum atomic E-state index is -0.416. The summed E-state index contributed by atoms with van der Waals surface area (Å²) < 4.78 is 0. The molecular weight excluding hydrogens is 215 g/mol. The van der Waals surface area contributed by atoms with Gasteiger partial charge in [-0.15, -0.1) is 0 Å². The number of aromatic nitrogens is 1. The van der Waals surface area contributed by atoms with E-state index in [2.05, 4.69) is 4.98 Å². The van der Waals surface area contributed by atoms with E-state index in [0.29, 0.717) is 5.69 Å². The Bertz CT molecular complexity index is 375. The predicted octanol–water partition coefficient (Wildman–Crippen LogP) is 1.09. The van der Waals surface area contributed by atoms with Gasteiger partial charge in [0.15, 0.2) is 5.78 Å². The van der Waals surface area contributed by atoms with E-state index in [0.717, 1.165) is 25.9 Å². The topological polar surface area (TPSA) is 53.4 Å². The quantitative estimate of drug-likeness (QED) is 0.626. The fourth-order valence-corrected chi connectivity index (χ4v) is 2.25. The fourth-order valence-electron chi connectivity index (χ4n) is 2.25. The molecule has 0 bridgehead atoms. The summed E-state index contributed by atoms with van der Waals surface area (Å²) in [6.07, 6.45) is 3.26. The Hall–Kier alpha value is -1.20. The maximum Gasteiger partial charge on any atom is 0.376 e. The van der Waals surface area contributed by atoms with Gasteiger partial charge in [-0.05, 0) is 44.9 Å². The van der Waals surface area contributed by atoms with Crippen LogP contribution in [0.5, 0.6) is 0 Å². The van der Waals surface area contributed by atoms with Crippen molar-refractivity contribution in [2.24, 2.45) is 5.92 Å². The fraction of sp³-hybridized carbons (Fsp3) is 0.500. The smallest absolute Gasteiger partial charge is 0.376 e. The van der Waals surface area contributed by atoms with Gasteiger partial charge in [0.25, 0.3) is 0 Å². The number of Topliss-reactive ketones (excluding diaryl/α,β-unsaturated/α-hetero) is 1. The molecule has 1 N–H and O–H groups in total. The van der Waals surface area contributed by atoms with Crippen molar-refractivity contribution in [1.82, 2.24) is 9.79 Å². The van der Waals surface area contributed by atoms with Crippen molar-refractivity contribution in [3.63, 3.8) is 0 Å². The average Bonchev–Trinajstić information content (AvgIpc) is 2.39. The monoisotopic (exact) mass is 232 g/mol. The minimum absolute atomic E-state index is 0.0555. The predicted molar refractivity (Wildman–Crippen MR) is 66.7 cm³/mol. The second-order valence-electron chi connectivity index (χ2n) is 4.52. The molecule has 2 rings (SSSR count). The molecule has 0 spiro atoms. The Morgan fingerprint density at radius 1 is 1.47 bits per heavy atom. The van der Waals surface area contributed by atoms with Crippen LogP contribution >= 0.6 is 0 Å². The maximum atomic E-state index is 12.1. The molecule has 0 aliphatic carbocycles. The third-order valence-electron chi connectivity index (χ3n) is 3.35. The zero-order chi connectivity index (χ0) is 12.3. The van der Waals surface area contributed by atoms with Crippen LogP contribution in [0.1, 0.15) is 23.3 Å². The Morgan fingerprint density at radius 2 is 2.18 bits per heavy atom. The van der Waals surface area contributed by atoms with Crippen LogP contribution in [0.2, 0.25) is 6.82 Å². The van der Waals surface area contributed by atoms with Gasteiger partial charge in [0, 0.05) is 12.1 Å². The van der Waals surface area contributed by atoms with Gasteiger partial charge in [-0.25, -0.2) is 0 Å². The van der Waals surface area contributed by atoms with Crippen molar-refractivity contribution < 1.29 is 9.82 Å². The van der Waals surface area contributed by atoms with Crippen molar-refractivity contribution in [3.05, 3.63) is 30.1 Å². The largest absolute Gasteiger partial charge is 0.437 e. The molecule has 1 aliphatic heterocycles. The van der Waals surface area contributed by atoms with Gasteiger partial charge in [0.2, 0.25) is 0 Å². The summed E-state index contributed by atoms with van der Waals surface area (Å²) in [5.41, 5.74) is 0.558. The van der Waals surface area contributed by atoms with E-state index >= 15 is 0 Å². The van der Waals surface area contributed by atoms with E-state index < -0.39 is 7.05 Å². The maximum absolute atomic E-state index is 12.1. The number of pyridine rings is 1. The molecule has 0 saturated carbocycles. The number of nitrogens with zero attached hydrogens (tertiary/aromatic N) is 2. The van der Waals surface area contributed by atoms with Gasteiger partial charge in [-0.1, -0.05) is 6.07 Å². The highest BCUT2D eigenvalue weighted by atomic mass is 16.2. The zero-order valence-electron chi connectivity index (χ0n) is 10.0. The summed E-state index contributed by atoms with van der Waals surface area (Å²) in [4.78, 5) is 18.2. The van der Waals surface area contributed by atoms with Gasteiger partial charge in [-0.2, -0.15) is 0 Å². The number of carbonyl (C=O) groups is 1. The average molecular weight is 232 g/mol. The molecule has 4 nitrogen and oxygen atoms in total. The third-order valence-corrected chi connectivity index (χ3v) is 3.35. The molecule has 0 aromatic carbocycles. The Kier molecular flexibility index (Phi) is 3.91. The molecule has 0 amide bonds. The van der Waals surface area contributed by atoms with Crippen molar-refractivity contribution in [2.75, 3.05) is 13.1 Å². The standard InChI is InChI=1S/C12H17BN2O2/c1-13(17)15-8-5-10(6-9-15)12(16)11-4-2-3-7-14-11/h2-4,7,10,17H,5-6,8-9H2,1H3. The SMILES string of the molecule is CB(O)N1CCC(C(=O)c2ccccn2)CC1. The molecule has 17 heavy (non-hydrogen) atoms. The Labute approximate surface area is 102 Å². The van der Waals surface area contributed by atoms with Crippen molar-refractivity contribution >= 4 is 12.8 Å². The Morgan fingerprint density at radius 3 is 2.71 bits per heavy atom. The van der Waals surface area contributed by atoms with Gasteiger partial charge in [0.1, 0.15) is 5.69 Å². The lowest BCUT2D eigenvalue weighted by molar-refractivity contribution is 0.0864. The molecular formula is C12H17BN2O2. The van der Waals surface area contributed by atoms with Gasteiger partial charge >= 0.3 is 7.05 Å². The summed E-state index contributed by atoms with van der Waals surface area (Å²) in [6.45, 7) is 3.32. The van der Waals surface area contributed by atoms with Crippen LogP contribution in [-0.2, 0) is 0 Å². The van der Waals surface area contributed by atoms with Gasteiger partial charge in [0.05, 0.1) is 0 Å². The molecule has 2 heterocycles. The molecule has 1 fully saturated rings. The summed E-state index contributed by atoms with van der Waals surface area (Å²) in [5, 5.41) is 9.45. The molecule has 5 heteroatoms. The van der Waals surface area contributed by atoms with Crippen LogP contribution in [0.15, 0.2) is 24.4 Å². The van der Waals surface area contributed by atoms with Gasteiger partial charge in [-0.3, -0.25) is 9.78 Å². The second-order valence-corrected chi connectivity index (χ2v) is 4.52. The van der Waals surface area contributed by atoms with Crippen LogP contribution in [-0.4, -0.2) is 40.7 Å². The van der Waals surface area contributed by atoms with E-state index in [4.69, 9.17) is 0 Å². The molecule has 1 aromatic rings. The van der Waals surface area contributed by atoms with Gasteiger partial charge < -0.3 is 9.83 Å². The zero-order valence-corrected chi connectivity index (χ0v) is 10.0. The molecule has 1 aliphatic rings. The lowest BCUT2D eigenvalue weighted by Gasteiger charge is -2.31.